The van der Waals surface area contributed by atoms with Crippen molar-refractivity contribution < 1.29 is 14.3 Å². The number of nitrogens with one attached hydrogen (secondary N) is 2. The lowest BCUT2D eigenvalue weighted by Crippen LogP contribution is -2.40. The third-order valence-electron chi connectivity index (χ3n) is 3.89. The molecule has 0 aliphatic carbocycles. The van der Waals surface area contributed by atoms with Gasteiger partial charge in [-0.05, 0) is 54.8 Å². The van der Waals surface area contributed by atoms with Crippen LogP contribution in [-0.4, -0.2) is 43.9 Å². The van der Waals surface area contributed by atoms with Gasteiger partial charge in [-0.3, -0.25) is 0 Å². The molecule has 0 aromatic carbocycles. The van der Waals surface area contributed by atoms with E-state index >= 15 is 0 Å². The number of ether oxygens (including phenoxy) is 1. The number of aliphatic hydroxyl groups is 1. The molecule has 0 saturated carbocycles. The third-order valence-corrected chi connectivity index (χ3v) is 4.58. The zero-order valence-electron chi connectivity index (χ0n) is 15.9. The lowest BCUT2D eigenvalue weighted by atomic mass is 10.00. The predicted molar refractivity (Wildman–Crippen MR) is 121 cm³/mol. The van der Waals surface area contributed by atoms with Gasteiger partial charge in [-0.25, -0.2) is 4.99 Å². The molecule has 2 aromatic rings. The first kappa shape index (κ1) is 23.9. The Morgan fingerprint density at radius 3 is 2.81 bits per heavy atom. The van der Waals surface area contributed by atoms with E-state index in [4.69, 9.17) is 9.15 Å². The Bertz CT molecular complexity index is 631. The van der Waals surface area contributed by atoms with Crippen molar-refractivity contribution in [1.82, 2.24) is 10.6 Å². The van der Waals surface area contributed by atoms with E-state index in [0.29, 0.717) is 12.5 Å². The van der Waals surface area contributed by atoms with Crippen LogP contribution in [0.15, 0.2) is 44.6 Å². The molecular formula is C19H30IN3O3S. The summed E-state index contributed by atoms with van der Waals surface area (Å²) >= 11 is 1.57. The highest BCUT2D eigenvalue weighted by Gasteiger charge is 2.23. The van der Waals surface area contributed by atoms with Crippen molar-refractivity contribution in [2.45, 2.75) is 32.3 Å². The smallest absolute Gasteiger partial charge is 0.191 e. The van der Waals surface area contributed by atoms with Crippen molar-refractivity contribution in [3.8, 4) is 0 Å². The molecule has 0 amide bonds. The number of hydrogen-bond donors (Lipinski definition) is 3. The quantitative estimate of drug-likeness (QED) is 0.188. The van der Waals surface area contributed by atoms with Gasteiger partial charge in [-0.1, -0.05) is 0 Å². The Balaban J connectivity index is 0.00000364. The van der Waals surface area contributed by atoms with Crippen molar-refractivity contribution >= 4 is 41.3 Å². The van der Waals surface area contributed by atoms with Crippen molar-refractivity contribution in [1.29, 1.82) is 0 Å². The van der Waals surface area contributed by atoms with Gasteiger partial charge in [0, 0.05) is 32.7 Å². The first-order valence-electron chi connectivity index (χ1n) is 8.99. The number of halogens is 1. The van der Waals surface area contributed by atoms with Crippen LogP contribution in [0, 0.1) is 0 Å². The van der Waals surface area contributed by atoms with Crippen molar-refractivity contribution in [2.24, 2.45) is 4.99 Å². The van der Waals surface area contributed by atoms with Crippen LogP contribution in [0.2, 0.25) is 0 Å². The molecule has 0 radical (unpaired) electrons. The lowest BCUT2D eigenvalue weighted by molar-refractivity contribution is 0.0677. The largest absolute Gasteiger partial charge is 0.469 e. The molecular weight excluding hydrogens is 477 g/mol. The summed E-state index contributed by atoms with van der Waals surface area (Å²) < 4.78 is 10.7. The SMILES string of the molecule is CCOCCCNC(=NCC(C)(O)c1ccsc1)NCCc1ccco1.I. The lowest BCUT2D eigenvalue weighted by Gasteiger charge is -2.21. The van der Waals surface area contributed by atoms with Crippen LogP contribution >= 0.6 is 35.3 Å². The van der Waals surface area contributed by atoms with Gasteiger partial charge in [0.05, 0.1) is 12.8 Å². The highest BCUT2D eigenvalue weighted by Crippen LogP contribution is 2.23. The van der Waals surface area contributed by atoms with E-state index in [1.165, 1.54) is 0 Å². The van der Waals surface area contributed by atoms with E-state index in [2.05, 4.69) is 15.6 Å². The zero-order chi connectivity index (χ0) is 18.7. The first-order chi connectivity index (χ1) is 12.6. The molecule has 27 heavy (non-hydrogen) atoms. The van der Waals surface area contributed by atoms with Gasteiger partial charge >= 0.3 is 0 Å². The second-order valence-electron chi connectivity index (χ2n) is 6.18. The monoisotopic (exact) mass is 507 g/mol. The molecule has 6 nitrogen and oxygen atoms in total. The molecule has 8 heteroatoms. The van der Waals surface area contributed by atoms with Gasteiger partial charge in [0.1, 0.15) is 11.4 Å². The molecule has 2 rings (SSSR count). The second-order valence-corrected chi connectivity index (χ2v) is 6.96. The Labute approximate surface area is 182 Å². The number of nitrogens with zero attached hydrogens (tertiary/aromatic N) is 1. The summed E-state index contributed by atoms with van der Waals surface area (Å²) in [6.07, 6.45) is 3.34. The summed E-state index contributed by atoms with van der Waals surface area (Å²) in [6, 6.07) is 5.77. The first-order valence-corrected chi connectivity index (χ1v) is 9.93. The van der Waals surface area contributed by atoms with Gasteiger partial charge in [0.2, 0.25) is 0 Å². The van der Waals surface area contributed by atoms with E-state index in [1.807, 2.05) is 35.9 Å². The predicted octanol–water partition coefficient (Wildman–Crippen LogP) is 3.37. The Morgan fingerprint density at radius 1 is 1.33 bits per heavy atom. The van der Waals surface area contributed by atoms with E-state index in [0.717, 1.165) is 43.9 Å². The van der Waals surface area contributed by atoms with Crippen LogP contribution in [-0.2, 0) is 16.8 Å². The van der Waals surface area contributed by atoms with Crippen LogP contribution in [0.5, 0.6) is 0 Å². The van der Waals surface area contributed by atoms with Gasteiger partial charge in [0.25, 0.3) is 0 Å². The van der Waals surface area contributed by atoms with E-state index in [-0.39, 0.29) is 30.5 Å². The van der Waals surface area contributed by atoms with Crippen LogP contribution in [0.4, 0.5) is 0 Å². The molecule has 0 fully saturated rings. The van der Waals surface area contributed by atoms with E-state index in [9.17, 15) is 5.11 Å². The molecule has 1 atom stereocenters. The van der Waals surface area contributed by atoms with Gasteiger partial charge in [-0.15, -0.1) is 24.0 Å². The molecule has 2 aromatic heterocycles. The standard InChI is InChI=1S/C19H29N3O3S.HI/c1-3-24-11-5-9-20-18(21-10-7-17-6-4-12-25-17)22-15-19(2,23)16-8-13-26-14-16;/h4,6,8,12-14,23H,3,5,7,9-11,15H2,1-2H3,(H2,20,21,22);1H. The second kappa shape index (κ2) is 13.1. The summed E-state index contributed by atoms with van der Waals surface area (Å²) in [5.41, 5.74) is -0.0986. The zero-order valence-corrected chi connectivity index (χ0v) is 19.1. The maximum Gasteiger partial charge on any atom is 0.191 e. The fourth-order valence-electron chi connectivity index (χ4n) is 2.35. The molecule has 152 valence electrons. The number of rotatable bonds is 11. The van der Waals surface area contributed by atoms with Crippen LogP contribution in [0.3, 0.4) is 0 Å². The van der Waals surface area contributed by atoms with E-state index < -0.39 is 5.60 Å². The minimum Gasteiger partial charge on any atom is -0.469 e. The molecule has 3 N–H and O–H groups in total. The molecule has 0 saturated heterocycles. The van der Waals surface area contributed by atoms with Crippen LogP contribution in [0.25, 0.3) is 0 Å². The number of furan rings is 1. The summed E-state index contributed by atoms with van der Waals surface area (Å²) in [5.74, 6) is 1.61. The van der Waals surface area contributed by atoms with Gasteiger partial charge in [0.15, 0.2) is 5.96 Å². The number of aliphatic imine (C=N–C) groups is 1. The Morgan fingerprint density at radius 2 is 2.15 bits per heavy atom. The molecule has 0 aliphatic rings. The fraction of sp³-hybridized carbons (Fsp3) is 0.526. The summed E-state index contributed by atoms with van der Waals surface area (Å²) in [5, 5.41) is 21.2. The highest BCUT2D eigenvalue weighted by atomic mass is 127. The average molecular weight is 507 g/mol. The third kappa shape index (κ3) is 9.09. The minimum atomic E-state index is -0.985. The van der Waals surface area contributed by atoms with Gasteiger partial charge in [-0.2, -0.15) is 11.3 Å². The number of hydrogen-bond acceptors (Lipinski definition) is 5. The van der Waals surface area contributed by atoms with E-state index in [1.54, 1.807) is 24.5 Å². The number of thiophene rings is 1. The fourth-order valence-corrected chi connectivity index (χ4v) is 3.14. The van der Waals surface area contributed by atoms with Crippen LogP contribution in [0.1, 0.15) is 31.6 Å². The molecule has 0 spiro atoms. The van der Waals surface area contributed by atoms with Gasteiger partial charge < -0.3 is 24.9 Å². The average Bonchev–Trinajstić information content (AvgIpc) is 3.32. The normalized spacial score (nSPS) is 13.7. The highest BCUT2D eigenvalue weighted by molar-refractivity contribution is 14.0. The summed E-state index contributed by atoms with van der Waals surface area (Å²) in [4.78, 5) is 4.57. The van der Waals surface area contributed by atoms with Crippen molar-refractivity contribution in [3.63, 3.8) is 0 Å². The maximum atomic E-state index is 10.6. The minimum absolute atomic E-state index is 0. The summed E-state index contributed by atoms with van der Waals surface area (Å²) in [7, 11) is 0. The van der Waals surface area contributed by atoms with Crippen LogP contribution < -0.4 is 10.6 Å². The molecule has 0 bridgehead atoms. The number of guanidine groups is 1. The Kier molecular flexibility index (Phi) is 11.7. The summed E-state index contributed by atoms with van der Waals surface area (Å²) in [6.45, 7) is 6.96. The molecule has 1 unspecified atom stereocenters. The molecule has 2 heterocycles. The topological polar surface area (TPSA) is 79.0 Å². The van der Waals surface area contributed by atoms with Crippen molar-refractivity contribution in [3.05, 3.63) is 46.5 Å². The van der Waals surface area contributed by atoms with Crippen molar-refractivity contribution in [2.75, 3.05) is 32.8 Å². The maximum absolute atomic E-state index is 10.6. The Hall–Kier alpha value is -1.10. The molecule has 0 aliphatic heterocycles.